The van der Waals surface area contributed by atoms with Crippen molar-refractivity contribution in [3.8, 4) is 0 Å². The molecule has 0 rings (SSSR count). The molecule has 0 radical (unpaired) electrons. The zero-order valence-electron chi connectivity index (χ0n) is 5.21. The van der Waals surface area contributed by atoms with Gasteiger partial charge in [-0.05, 0) is 0 Å². The summed E-state index contributed by atoms with van der Waals surface area (Å²) in [5.41, 5.74) is 0. The third kappa shape index (κ3) is 4.81. The van der Waals surface area contributed by atoms with Crippen LogP contribution in [0.4, 0.5) is 0 Å². The van der Waals surface area contributed by atoms with E-state index in [9.17, 15) is 0 Å². The van der Waals surface area contributed by atoms with Crippen LogP contribution in [-0.2, 0) is 0 Å². The fourth-order valence-corrected chi connectivity index (χ4v) is 0. The molecule has 0 heterocycles. The summed E-state index contributed by atoms with van der Waals surface area (Å²) in [4.78, 5) is 0. The van der Waals surface area contributed by atoms with E-state index in [1.54, 1.807) is 0 Å². The van der Waals surface area contributed by atoms with Crippen molar-refractivity contribution in [2.24, 2.45) is 0 Å². The van der Waals surface area contributed by atoms with Crippen molar-refractivity contribution in [3.63, 3.8) is 0 Å². The standard InChI is InChI=1S/C4H11Si.Li/c1-4-5(2)3;/h4H2,1-3H3;. The van der Waals surface area contributed by atoms with Gasteiger partial charge in [-0.1, -0.05) is 0 Å². The Morgan fingerprint density at radius 1 is 1.50 bits per heavy atom. The Labute approximate surface area is 49.9 Å². The van der Waals surface area contributed by atoms with Crippen LogP contribution in [0.25, 0.3) is 0 Å². The van der Waals surface area contributed by atoms with Crippen molar-refractivity contribution in [3.05, 3.63) is 0 Å². The molecular formula is C4H11LiSi. The molecule has 0 saturated carbocycles. The van der Waals surface area contributed by atoms with Gasteiger partial charge in [0.05, 0.1) is 0 Å². The first-order chi connectivity index (χ1) is 2.56. The SMILES string of the molecule is [Li][Si](C)(C)CC. The molecule has 6 heavy (non-hydrogen) atoms. The van der Waals surface area contributed by atoms with Crippen LogP contribution in [-0.4, -0.2) is 23.4 Å². The van der Waals surface area contributed by atoms with E-state index in [-0.39, 0.29) is 0 Å². The molecule has 0 aliphatic rings. The molecule has 0 aromatic heterocycles. The average molecular weight is 94.2 g/mol. The maximum absolute atomic E-state index is 2.38. The molecule has 32 valence electrons. The van der Waals surface area contributed by atoms with Crippen molar-refractivity contribution >= 4 is 23.4 Å². The van der Waals surface area contributed by atoms with Gasteiger partial charge in [-0.25, -0.2) is 0 Å². The van der Waals surface area contributed by atoms with Crippen molar-refractivity contribution < 1.29 is 0 Å². The fraction of sp³-hybridized carbons (Fsp3) is 1.00. The Kier molecular flexibility index (Phi) is 2.51. The van der Waals surface area contributed by atoms with E-state index in [1.165, 1.54) is 6.04 Å². The maximum atomic E-state index is 2.38. The summed E-state index contributed by atoms with van der Waals surface area (Å²) in [6.45, 7) is 7.03. The van der Waals surface area contributed by atoms with E-state index in [1.807, 2.05) is 0 Å². The van der Waals surface area contributed by atoms with Gasteiger partial charge in [0.15, 0.2) is 0 Å². The zero-order valence-corrected chi connectivity index (χ0v) is 6.21. The molecule has 0 N–H and O–H groups in total. The van der Waals surface area contributed by atoms with Crippen molar-refractivity contribution in [1.29, 1.82) is 0 Å². The molecule has 0 fully saturated rings. The van der Waals surface area contributed by atoms with Crippen LogP contribution < -0.4 is 0 Å². The summed E-state index contributed by atoms with van der Waals surface area (Å²) >= 11 is 2.38. The number of rotatable bonds is 1. The number of hydrogen-bond acceptors (Lipinski definition) is 0. The van der Waals surface area contributed by atoms with E-state index in [4.69, 9.17) is 0 Å². The second kappa shape index (κ2) is 2.21. The van der Waals surface area contributed by atoms with Gasteiger partial charge in [0, 0.05) is 0 Å². The molecule has 0 aromatic rings. The van der Waals surface area contributed by atoms with Crippen LogP contribution >= 0.6 is 0 Å². The topological polar surface area (TPSA) is 0 Å². The Morgan fingerprint density at radius 3 is 1.67 bits per heavy atom. The molecule has 0 aliphatic heterocycles. The van der Waals surface area contributed by atoms with E-state index in [0.717, 1.165) is 0 Å². The van der Waals surface area contributed by atoms with Gasteiger partial charge < -0.3 is 0 Å². The van der Waals surface area contributed by atoms with Gasteiger partial charge in [-0.2, -0.15) is 0 Å². The Hall–Kier alpha value is 0.814. The van der Waals surface area contributed by atoms with Crippen molar-refractivity contribution in [1.82, 2.24) is 0 Å². The molecule has 0 aromatic carbocycles. The Morgan fingerprint density at radius 2 is 1.67 bits per heavy atom. The monoisotopic (exact) mass is 94.1 g/mol. The Balaban J connectivity index is 3.17. The van der Waals surface area contributed by atoms with Crippen LogP contribution in [0, 0.1) is 0 Å². The second-order valence-electron chi connectivity index (χ2n) is 2.91. The normalized spacial score (nSPS) is 12.2. The summed E-state index contributed by atoms with van der Waals surface area (Å²) in [6, 6.07) is 1.41. The van der Waals surface area contributed by atoms with Crippen molar-refractivity contribution in [2.45, 2.75) is 26.1 Å². The second-order valence-corrected chi connectivity index (χ2v) is 8.74. The summed E-state index contributed by atoms with van der Waals surface area (Å²) in [5, 5.41) is 0. The van der Waals surface area contributed by atoms with E-state index >= 15 is 0 Å². The Bertz CT molecular complexity index is 37.3. The summed E-state index contributed by atoms with van der Waals surface area (Å²) < 4.78 is 0. The van der Waals surface area contributed by atoms with Crippen LogP contribution in [0.5, 0.6) is 0 Å². The van der Waals surface area contributed by atoms with Gasteiger partial charge in [-0.15, -0.1) is 0 Å². The van der Waals surface area contributed by atoms with E-state index in [0.29, 0.717) is 0 Å². The van der Waals surface area contributed by atoms with Crippen LogP contribution in [0.3, 0.4) is 0 Å². The van der Waals surface area contributed by atoms with Gasteiger partial charge in [0.1, 0.15) is 0 Å². The molecular weight excluding hydrogens is 83.1 g/mol. The van der Waals surface area contributed by atoms with Crippen LogP contribution in [0.1, 0.15) is 6.92 Å². The summed E-state index contributed by atoms with van der Waals surface area (Å²) in [5.74, 6) is 0. The predicted molar refractivity (Wildman–Crippen MR) is 33.7 cm³/mol. The molecule has 0 saturated heterocycles. The molecule has 0 atom stereocenters. The van der Waals surface area contributed by atoms with Crippen molar-refractivity contribution in [2.75, 3.05) is 0 Å². The first-order valence-electron chi connectivity index (χ1n) is 2.56. The molecule has 0 spiro atoms. The fourth-order valence-electron chi connectivity index (χ4n) is 0. The molecule has 0 nitrogen and oxygen atoms in total. The van der Waals surface area contributed by atoms with E-state index < -0.39 is 6.40 Å². The molecule has 0 amide bonds. The van der Waals surface area contributed by atoms with Crippen LogP contribution in [0.2, 0.25) is 19.1 Å². The molecule has 0 unspecified atom stereocenters. The third-order valence-corrected chi connectivity index (χ3v) is 3.18. The van der Waals surface area contributed by atoms with E-state index in [2.05, 4.69) is 37.1 Å². The van der Waals surface area contributed by atoms with Gasteiger partial charge in [0.25, 0.3) is 0 Å². The summed E-state index contributed by atoms with van der Waals surface area (Å²) in [7, 11) is 0. The van der Waals surface area contributed by atoms with Gasteiger partial charge in [-0.3, -0.25) is 0 Å². The first-order valence-corrected chi connectivity index (χ1v) is 6.27. The first kappa shape index (κ1) is 6.81. The predicted octanol–water partition coefficient (Wildman–Crippen LogP) is 1.38. The van der Waals surface area contributed by atoms with Gasteiger partial charge in [0.2, 0.25) is 0 Å². The zero-order chi connectivity index (χ0) is 5.21. The third-order valence-electron chi connectivity index (χ3n) is 1.06. The number of hydrogen-bond donors (Lipinski definition) is 0. The average Bonchev–Trinajstić information content (AvgIpc) is 1.35. The molecule has 2 heteroatoms. The summed E-state index contributed by atoms with van der Waals surface area (Å²) in [6.07, 6.45) is -0.631. The molecule has 0 aliphatic carbocycles. The minimum atomic E-state index is -0.631. The van der Waals surface area contributed by atoms with Crippen LogP contribution in [0.15, 0.2) is 0 Å². The minimum absolute atomic E-state index is 0.631. The van der Waals surface area contributed by atoms with Gasteiger partial charge >= 0.3 is 49.5 Å². The molecule has 0 bridgehead atoms. The quantitative estimate of drug-likeness (QED) is 0.431.